The van der Waals surface area contributed by atoms with Crippen molar-refractivity contribution in [3.05, 3.63) is 51.3 Å². The Bertz CT molecular complexity index is 613. The van der Waals surface area contributed by atoms with Gasteiger partial charge in [-0.2, -0.15) is 5.10 Å². The fraction of sp³-hybridized carbons (Fsp3) is 0.471. The Balaban J connectivity index is 1.99. The number of halogens is 1. The van der Waals surface area contributed by atoms with Crippen LogP contribution in [-0.2, 0) is 19.9 Å². The normalized spacial score (nSPS) is 15.2. The van der Waals surface area contributed by atoms with Gasteiger partial charge in [-0.25, -0.2) is 0 Å². The summed E-state index contributed by atoms with van der Waals surface area (Å²) >= 11 is 3.65. The van der Waals surface area contributed by atoms with E-state index in [4.69, 9.17) is 0 Å². The van der Waals surface area contributed by atoms with Crippen molar-refractivity contribution >= 4 is 15.9 Å². The first kappa shape index (κ1) is 14.8. The second-order valence-electron chi connectivity index (χ2n) is 5.77. The van der Waals surface area contributed by atoms with Crippen molar-refractivity contribution in [1.82, 2.24) is 15.1 Å². The molecule has 1 N–H and O–H groups in total. The molecule has 0 fully saturated rings. The highest BCUT2D eigenvalue weighted by Gasteiger charge is 2.22. The molecule has 0 saturated heterocycles. The standard InChI is InChI=1S/C17H22BrN3/c1-3-9-19-16(17-15(18)11-20-21(17)2)14-8-7-12-5-4-6-13(12)10-14/h7-8,10-11,16,19H,3-6,9H2,1-2H3. The van der Waals surface area contributed by atoms with E-state index in [0.717, 1.165) is 17.4 Å². The van der Waals surface area contributed by atoms with Gasteiger partial charge in [-0.05, 0) is 64.8 Å². The molecular formula is C17H22BrN3. The summed E-state index contributed by atoms with van der Waals surface area (Å²) in [4.78, 5) is 0. The van der Waals surface area contributed by atoms with Crippen LogP contribution in [0.5, 0.6) is 0 Å². The summed E-state index contributed by atoms with van der Waals surface area (Å²) < 4.78 is 3.03. The maximum absolute atomic E-state index is 4.37. The van der Waals surface area contributed by atoms with Gasteiger partial charge in [0.25, 0.3) is 0 Å². The number of aryl methyl sites for hydroxylation is 3. The van der Waals surface area contributed by atoms with E-state index in [1.54, 1.807) is 0 Å². The summed E-state index contributed by atoms with van der Waals surface area (Å²) in [6.07, 6.45) is 6.75. The summed E-state index contributed by atoms with van der Waals surface area (Å²) in [7, 11) is 2.01. The summed E-state index contributed by atoms with van der Waals surface area (Å²) in [5, 5.41) is 8.04. The molecule has 0 aliphatic heterocycles. The third-order valence-electron chi connectivity index (χ3n) is 4.27. The molecule has 0 radical (unpaired) electrons. The third-order valence-corrected chi connectivity index (χ3v) is 4.88. The van der Waals surface area contributed by atoms with E-state index in [2.05, 4.69) is 51.5 Å². The van der Waals surface area contributed by atoms with Gasteiger partial charge in [0.15, 0.2) is 0 Å². The van der Waals surface area contributed by atoms with Crippen LogP contribution in [0.15, 0.2) is 28.9 Å². The Morgan fingerprint density at radius 3 is 2.86 bits per heavy atom. The van der Waals surface area contributed by atoms with Crippen LogP contribution in [0.1, 0.15) is 48.2 Å². The lowest BCUT2D eigenvalue weighted by atomic mass is 9.98. The van der Waals surface area contributed by atoms with Crippen LogP contribution in [0.3, 0.4) is 0 Å². The lowest BCUT2D eigenvalue weighted by Crippen LogP contribution is -2.25. The van der Waals surface area contributed by atoms with Gasteiger partial charge in [-0.1, -0.05) is 25.1 Å². The Labute approximate surface area is 134 Å². The highest BCUT2D eigenvalue weighted by atomic mass is 79.9. The van der Waals surface area contributed by atoms with Crippen LogP contribution in [0.25, 0.3) is 0 Å². The van der Waals surface area contributed by atoms with Crippen LogP contribution in [0.4, 0.5) is 0 Å². The van der Waals surface area contributed by atoms with Gasteiger partial charge in [0.2, 0.25) is 0 Å². The molecular weight excluding hydrogens is 326 g/mol. The second-order valence-corrected chi connectivity index (χ2v) is 6.62. The van der Waals surface area contributed by atoms with Crippen molar-refractivity contribution in [3.63, 3.8) is 0 Å². The summed E-state index contributed by atoms with van der Waals surface area (Å²) in [5.41, 5.74) is 5.58. The fourth-order valence-electron chi connectivity index (χ4n) is 3.18. The third kappa shape index (κ3) is 2.92. The van der Waals surface area contributed by atoms with Gasteiger partial charge < -0.3 is 5.32 Å². The zero-order chi connectivity index (χ0) is 14.8. The topological polar surface area (TPSA) is 29.9 Å². The Hall–Kier alpha value is -1.13. The minimum absolute atomic E-state index is 0.192. The smallest absolute Gasteiger partial charge is 0.0759 e. The molecule has 21 heavy (non-hydrogen) atoms. The molecule has 1 aromatic heterocycles. The monoisotopic (exact) mass is 347 g/mol. The Kier molecular flexibility index (Phi) is 4.45. The number of hydrogen-bond donors (Lipinski definition) is 1. The second kappa shape index (κ2) is 6.32. The predicted molar refractivity (Wildman–Crippen MR) is 89.5 cm³/mol. The molecule has 3 nitrogen and oxygen atoms in total. The number of nitrogens with zero attached hydrogens (tertiary/aromatic N) is 2. The lowest BCUT2D eigenvalue weighted by Gasteiger charge is -2.21. The van der Waals surface area contributed by atoms with Crippen LogP contribution in [-0.4, -0.2) is 16.3 Å². The van der Waals surface area contributed by atoms with E-state index in [9.17, 15) is 0 Å². The van der Waals surface area contributed by atoms with E-state index < -0.39 is 0 Å². The average molecular weight is 348 g/mol. The summed E-state index contributed by atoms with van der Waals surface area (Å²) in [6.45, 7) is 3.20. The predicted octanol–water partition coefficient (Wildman–Crippen LogP) is 3.76. The highest BCUT2D eigenvalue weighted by molar-refractivity contribution is 9.10. The fourth-order valence-corrected chi connectivity index (χ4v) is 3.75. The molecule has 1 aromatic carbocycles. The molecule has 112 valence electrons. The van der Waals surface area contributed by atoms with Gasteiger partial charge in [0.05, 0.1) is 22.4 Å². The van der Waals surface area contributed by atoms with Crippen LogP contribution < -0.4 is 5.32 Å². The van der Waals surface area contributed by atoms with E-state index in [0.29, 0.717) is 0 Å². The van der Waals surface area contributed by atoms with Crippen LogP contribution in [0, 0.1) is 0 Å². The van der Waals surface area contributed by atoms with E-state index >= 15 is 0 Å². The first-order valence-electron chi connectivity index (χ1n) is 7.73. The molecule has 1 heterocycles. The number of nitrogens with one attached hydrogen (secondary N) is 1. The van der Waals surface area contributed by atoms with Crippen molar-refractivity contribution in [2.75, 3.05) is 6.54 Å². The number of aromatic nitrogens is 2. The molecule has 2 aromatic rings. The molecule has 0 amide bonds. The van der Waals surface area contributed by atoms with Crippen molar-refractivity contribution in [3.8, 4) is 0 Å². The van der Waals surface area contributed by atoms with Gasteiger partial charge >= 0.3 is 0 Å². The van der Waals surface area contributed by atoms with Crippen LogP contribution in [0.2, 0.25) is 0 Å². The van der Waals surface area contributed by atoms with Crippen molar-refractivity contribution < 1.29 is 0 Å². The van der Waals surface area contributed by atoms with Crippen molar-refractivity contribution in [2.45, 2.75) is 38.6 Å². The van der Waals surface area contributed by atoms with E-state index in [-0.39, 0.29) is 6.04 Å². The molecule has 1 atom stereocenters. The molecule has 1 aliphatic carbocycles. The molecule has 3 rings (SSSR count). The molecule has 4 heteroatoms. The molecule has 0 saturated carbocycles. The first-order valence-corrected chi connectivity index (χ1v) is 8.52. The zero-order valence-corrected chi connectivity index (χ0v) is 14.3. The summed E-state index contributed by atoms with van der Waals surface area (Å²) in [6, 6.07) is 7.16. The zero-order valence-electron chi connectivity index (χ0n) is 12.7. The average Bonchev–Trinajstić information content (AvgIpc) is 3.07. The van der Waals surface area contributed by atoms with Crippen molar-refractivity contribution in [1.29, 1.82) is 0 Å². The highest BCUT2D eigenvalue weighted by Crippen LogP contribution is 2.31. The number of hydrogen-bond acceptors (Lipinski definition) is 2. The molecule has 1 unspecified atom stereocenters. The number of benzene rings is 1. The van der Waals surface area contributed by atoms with Gasteiger partial charge in [-0.3, -0.25) is 4.68 Å². The molecule has 0 bridgehead atoms. The maximum Gasteiger partial charge on any atom is 0.0759 e. The quantitative estimate of drug-likeness (QED) is 0.892. The molecule has 0 spiro atoms. The Morgan fingerprint density at radius 2 is 2.14 bits per heavy atom. The number of rotatable bonds is 5. The minimum Gasteiger partial charge on any atom is -0.305 e. The molecule has 1 aliphatic rings. The van der Waals surface area contributed by atoms with Gasteiger partial charge in [0.1, 0.15) is 0 Å². The van der Waals surface area contributed by atoms with E-state index in [1.807, 2.05) is 17.9 Å². The van der Waals surface area contributed by atoms with Crippen molar-refractivity contribution in [2.24, 2.45) is 7.05 Å². The Morgan fingerprint density at radius 1 is 1.33 bits per heavy atom. The van der Waals surface area contributed by atoms with Gasteiger partial charge in [0, 0.05) is 7.05 Å². The van der Waals surface area contributed by atoms with E-state index in [1.165, 1.54) is 41.6 Å². The summed E-state index contributed by atoms with van der Waals surface area (Å²) in [5.74, 6) is 0. The number of fused-ring (bicyclic) bond motifs is 1. The first-order chi connectivity index (χ1) is 10.2. The maximum atomic E-state index is 4.37. The van der Waals surface area contributed by atoms with Gasteiger partial charge in [-0.15, -0.1) is 0 Å². The SMILES string of the molecule is CCCNC(c1ccc2c(c1)CCC2)c1c(Br)cnn1C. The lowest BCUT2D eigenvalue weighted by molar-refractivity contribution is 0.551. The minimum atomic E-state index is 0.192. The van der Waals surface area contributed by atoms with Crippen LogP contribution >= 0.6 is 15.9 Å². The largest absolute Gasteiger partial charge is 0.305 e.